The summed E-state index contributed by atoms with van der Waals surface area (Å²) in [6.07, 6.45) is -2.03. The zero-order chi connectivity index (χ0) is 22.4. The van der Waals surface area contributed by atoms with Gasteiger partial charge in [-0.1, -0.05) is 12.1 Å². The highest BCUT2D eigenvalue weighted by Gasteiger charge is 2.31. The molecule has 1 amide bonds. The summed E-state index contributed by atoms with van der Waals surface area (Å²) in [5.74, 6) is -0.927. The van der Waals surface area contributed by atoms with Crippen molar-refractivity contribution in [2.24, 2.45) is 0 Å². The zero-order valence-corrected chi connectivity index (χ0v) is 16.4. The minimum absolute atomic E-state index is 0.0543. The number of alkyl halides is 3. The van der Waals surface area contributed by atoms with E-state index in [1.54, 1.807) is 24.1 Å². The molecular weight excluding hydrogens is 418 g/mol. The third kappa shape index (κ3) is 6.01. The molecule has 0 aliphatic carbocycles. The molecule has 0 bridgehead atoms. The van der Waals surface area contributed by atoms with Crippen molar-refractivity contribution in [1.82, 2.24) is 19.7 Å². The number of anilines is 1. The molecule has 0 saturated carbocycles. The maximum atomic E-state index is 13.5. The van der Waals surface area contributed by atoms with Crippen LogP contribution in [0.1, 0.15) is 5.56 Å². The Balaban J connectivity index is 1.63. The molecule has 0 atom stereocenters. The molecule has 1 heterocycles. The van der Waals surface area contributed by atoms with Crippen LogP contribution in [0.2, 0.25) is 0 Å². The standard InChI is InChI=1S/C20H19F4N5O2/c1-28(8-9-31-18-5-3-2-4-15(18)21)11-19(30)27-16-10-14(20(22,23)24)6-7-17(16)29-13-25-12-26-29/h2-7,10,12-13H,8-9,11H2,1H3,(H,27,30). The molecule has 0 aliphatic heterocycles. The van der Waals surface area contributed by atoms with E-state index in [4.69, 9.17) is 4.74 Å². The van der Waals surface area contributed by atoms with Gasteiger partial charge in [0.2, 0.25) is 5.91 Å². The zero-order valence-electron chi connectivity index (χ0n) is 16.4. The van der Waals surface area contributed by atoms with Crippen molar-refractivity contribution >= 4 is 11.6 Å². The quantitative estimate of drug-likeness (QED) is 0.547. The Bertz CT molecular complexity index is 1020. The topological polar surface area (TPSA) is 72.3 Å². The van der Waals surface area contributed by atoms with Crippen LogP contribution in [0, 0.1) is 5.82 Å². The highest BCUT2D eigenvalue weighted by molar-refractivity contribution is 5.94. The van der Waals surface area contributed by atoms with Gasteiger partial charge in [0.05, 0.1) is 23.5 Å². The lowest BCUT2D eigenvalue weighted by Crippen LogP contribution is -2.33. The SMILES string of the molecule is CN(CCOc1ccccc1F)CC(=O)Nc1cc(C(F)(F)F)ccc1-n1cncn1. The molecular formula is C20H19F4N5O2. The fourth-order valence-corrected chi connectivity index (χ4v) is 2.73. The van der Waals surface area contributed by atoms with Crippen molar-refractivity contribution in [1.29, 1.82) is 0 Å². The predicted octanol–water partition coefficient (Wildman–Crippen LogP) is 3.37. The van der Waals surface area contributed by atoms with Gasteiger partial charge in [0.15, 0.2) is 11.6 Å². The number of carbonyl (C=O) groups excluding carboxylic acids is 1. The molecule has 0 aliphatic rings. The second-order valence-electron chi connectivity index (χ2n) is 6.63. The second kappa shape index (κ2) is 9.56. The second-order valence-corrected chi connectivity index (χ2v) is 6.63. The lowest BCUT2D eigenvalue weighted by atomic mass is 10.1. The summed E-state index contributed by atoms with van der Waals surface area (Å²) >= 11 is 0. The molecule has 1 N–H and O–H groups in total. The Kier molecular flexibility index (Phi) is 6.85. The van der Waals surface area contributed by atoms with E-state index in [9.17, 15) is 22.4 Å². The van der Waals surface area contributed by atoms with Crippen LogP contribution in [0.4, 0.5) is 23.2 Å². The van der Waals surface area contributed by atoms with E-state index >= 15 is 0 Å². The Morgan fingerprint density at radius 2 is 2.00 bits per heavy atom. The van der Waals surface area contributed by atoms with Gasteiger partial charge in [0.1, 0.15) is 19.3 Å². The predicted molar refractivity (Wildman–Crippen MR) is 104 cm³/mol. The highest BCUT2D eigenvalue weighted by atomic mass is 19.4. The number of para-hydroxylation sites is 1. The lowest BCUT2D eigenvalue weighted by molar-refractivity contribution is -0.137. The average molecular weight is 437 g/mol. The van der Waals surface area contributed by atoms with Crippen molar-refractivity contribution in [3.05, 3.63) is 66.5 Å². The van der Waals surface area contributed by atoms with Crippen molar-refractivity contribution in [3.63, 3.8) is 0 Å². The first kappa shape index (κ1) is 22.2. The number of halogens is 4. The normalized spacial score (nSPS) is 11.5. The summed E-state index contributed by atoms with van der Waals surface area (Å²) in [4.78, 5) is 17.8. The van der Waals surface area contributed by atoms with Gasteiger partial charge in [-0.2, -0.15) is 18.3 Å². The van der Waals surface area contributed by atoms with Gasteiger partial charge in [-0.3, -0.25) is 9.69 Å². The number of carbonyl (C=O) groups is 1. The van der Waals surface area contributed by atoms with E-state index in [0.717, 1.165) is 12.1 Å². The van der Waals surface area contributed by atoms with Gasteiger partial charge in [-0.15, -0.1) is 0 Å². The van der Waals surface area contributed by atoms with Crippen molar-refractivity contribution < 1.29 is 27.1 Å². The van der Waals surface area contributed by atoms with Crippen LogP contribution in [0.25, 0.3) is 5.69 Å². The molecule has 7 nitrogen and oxygen atoms in total. The Labute approximate surface area is 175 Å². The van der Waals surface area contributed by atoms with Gasteiger partial charge in [0.25, 0.3) is 0 Å². The third-order valence-electron chi connectivity index (χ3n) is 4.24. The van der Waals surface area contributed by atoms with E-state index in [2.05, 4.69) is 15.4 Å². The van der Waals surface area contributed by atoms with Crippen molar-refractivity contribution in [3.8, 4) is 11.4 Å². The van der Waals surface area contributed by atoms with Crippen LogP contribution < -0.4 is 10.1 Å². The van der Waals surface area contributed by atoms with Crippen molar-refractivity contribution in [2.75, 3.05) is 32.1 Å². The third-order valence-corrected chi connectivity index (χ3v) is 4.24. The fraction of sp³-hybridized carbons (Fsp3) is 0.250. The molecule has 0 fully saturated rings. The number of ether oxygens (including phenoxy) is 1. The summed E-state index contributed by atoms with van der Waals surface area (Å²) in [6, 6.07) is 8.89. The summed E-state index contributed by atoms with van der Waals surface area (Å²) in [7, 11) is 1.63. The van der Waals surface area contributed by atoms with Crippen LogP contribution in [0.15, 0.2) is 55.1 Å². The number of likely N-dealkylation sites (N-methyl/N-ethyl adjacent to an activating group) is 1. The van der Waals surface area contributed by atoms with Crippen LogP contribution in [-0.2, 0) is 11.0 Å². The first-order valence-electron chi connectivity index (χ1n) is 9.16. The van der Waals surface area contributed by atoms with E-state index in [1.165, 1.54) is 35.5 Å². The van der Waals surface area contributed by atoms with Gasteiger partial charge in [0, 0.05) is 6.54 Å². The summed E-state index contributed by atoms with van der Waals surface area (Å²) < 4.78 is 59.4. The van der Waals surface area contributed by atoms with Crippen molar-refractivity contribution in [2.45, 2.75) is 6.18 Å². The van der Waals surface area contributed by atoms with Crippen LogP contribution in [0.3, 0.4) is 0 Å². The maximum Gasteiger partial charge on any atom is 0.416 e. The van der Waals surface area contributed by atoms with Crippen LogP contribution in [0.5, 0.6) is 5.75 Å². The average Bonchev–Trinajstić information content (AvgIpc) is 3.23. The summed E-state index contributed by atoms with van der Waals surface area (Å²) in [6.45, 7) is 0.298. The number of benzene rings is 2. The lowest BCUT2D eigenvalue weighted by Gasteiger charge is -2.18. The highest BCUT2D eigenvalue weighted by Crippen LogP contribution is 2.33. The first-order chi connectivity index (χ1) is 14.7. The minimum Gasteiger partial charge on any atom is -0.489 e. The molecule has 1 aromatic heterocycles. The number of nitrogens with one attached hydrogen (secondary N) is 1. The van der Waals surface area contributed by atoms with Gasteiger partial charge in [-0.05, 0) is 37.4 Å². The van der Waals surface area contributed by atoms with Gasteiger partial charge >= 0.3 is 6.18 Å². The van der Waals surface area contributed by atoms with Crippen LogP contribution in [-0.4, -0.2) is 52.3 Å². The van der Waals surface area contributed by atoms with Gasteiger partial charge < -0.3 is 10.1 Å². The van der Waals surface area contributed by atoms with E-state index in [1.807, 2.05) is 0 Å². The number of aromatic nitrogens is 3. The number of hydrogen-bond donors (Lipinski definition) is 1. The molecule has 0 spiro atoms. The number of nitrogens with zero attached hydrogens (tertiary/aromatic N) is 4. The molecule has 0 radical (unpaired) electrons. The molecule has 31 heavy (non-hydrogen) atoms. The number of hydrogen-bond acceptors (Lipinski definition) is 5. The number of rotatable bonds is 8. The molecule has 0 unspecified atom stereocenters. The molecule has 0 saturated heterocycles. The Morgan fingerprint density at radius 1 is 1.23 bits per heavy atom. The smallest absolute Gasteiger partial charge is 0.416 e. The maximum absolute atomic E-state index is 13.5. The summed E-state index contributed by atoms with van der Waals surface area (Å²) in [5.41, 5.74) is -0.718. The minimum atomic E-state index is -4.57. The molecule has 3 rings (SSSR count). The molecule has 11 heteroatoms. The van der Waals surface area contributed by atoms with Crippen LogP contribution >= 0.6 is 0 Å². The Morgan fingerprint density at radius 3 is 2.68 bits per heavy atom. The number of amides is 1. The van der Waals surface area contributed by atoms with Gasteiger partial charge in [-0.25, -0.2) is 14.1 Å². The van der Waals surface area contributed by atoms with E-state index in [-0.39, 0.29) is 30.3 Å². The molecule has 2 aromatic carbocycles. The van der Waals surface area contributed by atoms with E-state index in [0.29, 0.717) is 6.54 Å². The van der Waals surface area contributed by atoms with E-state index < -0.39 is 23.5 Å². The first-order valence-corrected chi connectivity index (χ1v) is 9.16. The molecule has 3 aromatic rings. The largest absolute Gasteiger partial charge is 0.489 e. The molecule has 164 valence electrons. The fourth-order valence-electron chi connectivity index (χ4n) is 2.73. The summed E-state index contributed by atoms with van der Waals surface area (Å²) in [5, 5.41) is 6.39. The Hall–Kier alpha value is -3.47. The monoisotopic (exact) mass is 437 g/mol.